The number of amides is 1. The van der Waals surface area contributed by atoms with Gasteiger partial charge in [-0.25, -0.2) is 0 Å². The Morgan fingerprint density at radius 2 is 2.00 bits per heavy atom. The second-order valence-corrected chi connectivity index (χ2v) is 4.84. The number of H-pyrrole nitrogens is 1. The molecule has 0 fully saturated rings. The van der Waals surface area contributed by atoms with Crippen LogP contribution in [0.4, 0.5) is 11.4 Å². The fourth-order valence-corrected chi connectivity index (χ4v) is 2.08. The molecule has 23 heavy (non-hydrogen) atoms. The second kappa shape index (κ2) is 6.10. The number of nitrogens with one attached hydrogen (secondary N) is 2. The molecule has 3 rings (SSSR count). The molecular formula is C16H12N4O3. The van der Waals surface area contributed by atoms with E-state index >= 15 is 0 Å². The van der Waals surface area contributed by atoms with Gasteiger partial charge < -0.3 is 5.32 Å². The molecule has 0 aliphatic rings. The Labute approximate surface area is 130 Å². The number of hydrogen-bond donors (Lipinski definition) is 2. The first-order valence-corrected chi connectivity index (χ1v) is 6.78. The highest BCUT2D eigenvalue weighted by molar-refractivity contribution is 6.02. The fraction of sp³-hybridized carbons (Fsp3) is 0. The van der Waals surface area contributed by atoms with Crippen LogP contribution >= 0.6 is 0 Å². The quantitative estimate of drug-likeness (QED) is 0.439. The maximum absolute atomic E-state index is 11.9. The van der Waals surface area contributed by atoms with E-state index < -0.39 is 4.92 Å². The molecule has 0 radical (unpaired) electrons. The first-order valence-electron chi connectivity index (χ1n) is 6.78. The van der Waals surface area contributed by atoms with Crippen LogP contribution in [0.1, 0.15) is 5.56 Å². The number of benzene rings is 2. The molecule has 0 unspecified atom stereocenters. The van der Waals surface area contributed by atoms with Crippen LogP contribution in [0, 0.1) is 10.1 Å². The zero-order chi connectivity index (χ0) is 16.2. The summed E-state index contributed by atoms with van der Waals surface area (Å²) in [6.45, 7) is 0. The molecule has 1 amide bonds. The van der Waals surface area contributed by atoms with Crippen molar-refractivity contribution in [2.24, 2.45) is 0 Å². The molecule has 114 valence electrons. The van der Waals surface area contributed by atoms with Crippen LogP contribution in [0.15, 0.2) is 54.7 Å². The average Bonchev–Trinajstić information content (AvgIpc) is 3.01. The summed E-state index contributed by atoms with van der Waals surface area (Å²) in [5.74, 6) is -0.290. The third kappa shape index (κ3) is 3.41. The Kier molecular flexibility index (Phi) is 3.84. The van der Waals surface area contributed by atoms with E-state index in [1.807, 2.05) is 6.07 Å². The third-order valence-corrected chi connectivity index (χ3v) is 3.24. The first-order chi connectivity index (χ1) is 11.1. The van der Waals surface area contributed by atoms with E-state index in [2.05, 4.69) is 15.5 Å². The Hall–Kier alpha value is -3.48. The monoisotopic (exact) mass is 308 g/mol. The number of aromatic nitrogens is 2. The van der Waals surface area contributed by atoms with Gasteiger partial charge in [0.25, 0.3) is 5.69 Å². The minimum Gasteiger partial charge on any atom is -0.322 e. The standard InChI is InChI=1S/C16H12N4O3/c21-16(8-3-11-1-6-14(7-2-11)20(22)23)18-13-5-4-12-10-17-19-15(12)9-13/h1-10H,(H,17,19)(H,18,21)/b8-3+. The molecule has 7 heteroatoms. The van der Waals surface area contributed by atoms with Crippen molar-refractivity contribution in [2.45, 2.75) is 0 Å². The van der Waals surface area contributed by atoms with Crippen molar-refractivity contribution in [1.29, 1.82) is 0 Å². The molecule has 1 aromatic heterocycles. The Morgan fingerprint density at radius 3 is 2.74 bits per heavy atom. The van der Waals surface area contributed by atoms with Gasteiger partial charge in [-0.1, -0.05) is 0 Å². The van der Waals surface area contributed by atoms with Crippen LogP contribution in [-0.4, -0.2) is 21.0 Å². The number of rotatable bonds is 4. The fourth-order valence-electron chi connectivity index (χ4n) is 2.08. The van der Waals surface area contributed by atoms with Crippen LogP contribution < -0.4 is 5.32 Å². The summed E-state index contributed by atoms with van der Waals surface area (Å²) in [5.41, 5.74) is 2.21. The van der Waals surface area contributed by atoms with Crippen molar-refractivity contribution in [3.05, 3.63) is 70.4 Å². The molecule has 0 spiro atoms. The van der Waals surface area contributed by atoms with Crippen LogP contribution in [0.3, 0.4) is 0 Å². The van der Waals surface area contributed by atoms with Crippen LogP contribution in [0.25, 0.3) is 17.0 Å². The van der Waals surface area contributed by atoms with Crippen LogP contribution in [-0.2, 0) is 4.79 Å². The molecule has 1 heterocycles. The van der Waals surface area contributed by atoms with Gasteiger partial charge in [0, 0.05) is 29.3 Å². The molecule has 0 aliphatic heterocycles. The number of aromatic amines is 1. The van der Waals surface area contributed by atoms with E-state index in [0.29, 0.717) is 11.3 Å². The van der Waals surface area contributed by atoms with Crippen molar-refractivity contribution in [1.82, 2.24) is 10.2 Å². The van der Waals surface area contributed by atoms with Crippen molar-refractivity contribution in [3.8, 4) is 0 Å². The zero-order valence-corrected chi connectivity index (χ0v) is 11.9. The maximum atomic E-state index is 11.9. The summed E-state index contributed by atoms with van der Waals surface area (Å²) < 4.78 is 0. The van der Waals surface area contributed by atoms with Crippen molar-refractivity contribution in [3.63, 3.8) is 0 Å². The van der Waals surface area contributed by atoms with E-state index in [1.54, 1.807) is 36.5 Å². The van der Waals surface area contributed by atoms with E-state index in [-0.39, 0.29) is 11.6 Å². The van der Waals surface area contributed by atoms with Gasteiger partial charge in [-0.05, 0) is 42.0 Å². The average molecular weight is 308 g/mol. The number of nitro groups is 1. The highest BCUT2D eigenvalue weighted by Gasteiger charge is 2.03. The lowest BCUT2D eigenvalue weighted by Gasteiger charge is -2.01. The molecule has 0 saturated heterocycles. The maximum Gasteiger partial charge on any atom is 0.269 e. The number of nitro benzene ring substituents is 1. The van der Waals surface area contributed by atoms with E-state index in [1.165, 1.54) is 18.2 Å². The SMILES string of the molecule is O=C(/C=C/c1ccc([N+](=O)[O-])cc1)Nc1ccc2cn[nH]c2c1. The third-order valence-electron chi connectivity index (χ3n) is 3.24. The molecule has 2 aromatic carbocycles. The Balaban J connectivity index is 1.67. The molecule has 0 atom stereocenters. The highest BCUT2D eigenvalue weighted by atomic mass is 16.6. The largest absolute Gasteiger partial charge is 0.322 e. The van der Waals surface area contributed by atoms with Gasteiger partial charge in [-0.15, -0.1) is 0 Å². The Morgan fingerprint density at radius 1 is 1.22 bits per heavy atom. The minimum atomic E-state index is -0.466. The van der Waals surface area contributed by atoms with E-state index in [0.717, 1.165) is 10.9 Å². The number of nitrogens with zero attached hydrogens (tertiary/aromatic N) is 2. The van der Waals surface area contributed by atoms with Gasteiger partial charge in [0.05, 0.1) is 16.6 Å². The van der Waals surface area contributed by atoms with Crippen molar-refractivity contribution in [2.75, 3.05) is 5.32 Å². The van der Waals surface area contributed by atoms with Gasteiger partial charge in [-0.3, -0.25) is 20.0 Å². The second-order valence-electron chi connectivity index (χ2n) is 4.84. The van der Waals surface area contributed by atoms with Gasteiger partial charge in [-0.2, -0.15) is 5.10 Å². The van der Waals surface area contributed by atoms with Gasteiger partial charge in [0.2, 0.25) is 5.91 Å². The van der Waals surface area contributed by atoms with Crippen molar-refractivity contribution < 1.29 is 9.72 Å². The first kappa shape index (κ1) is 14.5. The molecular weight excluding hydrogens is 296 g/mol. The zero-order valence-electron chi connectivity index (χ0n) is 11.9. The number of fused-ring (bicyclic) bond motifs is 1. The molecule has 7 nitrogen and oxygen atoms in total. The van der Waals surface area contributed by atoms with Crippen LogP contribution in [0.2, 0.25) is 0 Å². The molecule has 2 N–H and O–H groups in total. The number of non-ortho nitro benzene ring substituents is 1. The Bertz CT molecular complexity index is 897. The number of carbonyl (C=O) groups excluding carboxylic acids is 1. The van der Waals surface area contributed by atoms with Crippen molar-refractivity contribution >= 4 is 34.3 Å². The lowest BCUT2D eigenvalue weighted by atomic mass is 10.2. The summed E-state index contributed by atoms with van der Waals surface area (Å²) in [4.78, 5) is 22.0. The summed E-state index contributed by atoms with van der Waals surface area (Å²) >= 11 is 0. The lowest BCUT2D eigenvalue weighted by Crippen LogP contribution is -2.07. The van der Waals surface area contributed by atoms with E-state index in [9.17, 15) is 14.9 Å². The smallest absolute Gasteiger partial charge is 0.269 e. The number of anilines is 1. The molecule has 3 aromatic rings. The molecule has 0 saturated carbocycles. The predicted octanol–water partition coefficient (Wildman–Crippen LogP) is 3.12. The normalized spacial score (nSPS) is 11.0. The predicted molar refractivity (Wildman–Crippen MR) is 86.9 cm³/mol. The van der Waals surface area contributed by atoms with Gasteiger partial charge in [0.15, 0.2) is 0 Å². The molecule has 0 bridgehead atoms. The molecule has 0 aliphatic carbocycles. The summed E-state index contributed by atoms with van der Waals surface area (Å²) in [7, 11) is 0. The number of carbonyl (C=O) groups is 1. The lowest BCUT2D eigenvalue weighted by molar-refractivity contribution is -0.384. The van der Waals surface area contributed by atoms with Gasteiger partial charge in [0.1, 0.15) is 0 Å². The topological polar surface area (TPSA) is 101 Å². The summed E-state index contributed by atoms with van der Waals surface area (Å²) in [5, 5.41) is 21.0. The number of hydrogen-bond acceptors (Lipinski definition) is 4. The minimum absolute atomic E-state index is 0.0134. The van der Waals surface area contributed by atoms with Gasteiger partial charge >= 0.3 is 0 Å². The van der Waals surface area contributed by atoms with Crippen LogP contribution in [0.5, 0.6) is 0 Å². The van der Waals surface area contributed by atoms with E-state index in [4.69, 9.17) is 0 Å². The summed E-state index contributed by atoms with van der Waals surface area (Å²) in [6, 6.07) is 11.4. The summed E-state index contributed by atoms with van der Waals surface area (Å²) in [6.07, 6.45) is 4.67. The highest BCUT2D eigenvalue weighted by Crippen LogP contribution is 2.17.